The van der Waals surface area contributed by atoms with Crippen molar-refractivity contribution in [2.24, 2.45) is 13.0 Å². The highest BCUT2D eigenvalue weighted by Crippen LogP contribution is 2.46. The molecule has 2 aliphatic heterocycles. The van der Waals surface area contributed by atoms with Crippen molar-refractivity contribution in [2.45, 2.75) is 63.0 Å². The van der Waals surface area contributed by atoms with Crippen LogP contribution in [0.1, 0.15) is 78.0 Å². The van der Waals surface area contributed by atoms with Gasteiger partial charge in [0, 0.05) is 63.7 Å². The molecule has 52 heavy (non-hydrogen) atoms. The number of hydrogen-bond donors (Lipinski definition) is 2. The lowest BCUT2D eigenvalue weighted by Crippen LogP contribution is -2.46. The number of piperidine rings is 2. The molecule has 272 valence electrons. The maximum atomic E-state index is 14.0. The molecule has 1 aromatic carbocycles. The molecule has 13 nitrogen and oxygen atoms in total. The zero-order valence-corrected chi connectivity index (χ0v) is 29.6. The van der Waals surface area contributed by atoms with Gasteiger partial charge in [0.05, 0.1) is 27.3 Å². The summed E-state index contributed by atoms with van der Waals surface area (Å²) in [4.78, 5) is 64.1. The molecule has 8 rings (SSSR count). The van der Waals surface area contributed by atoms with E-state index >= 15 is 0 Å². The molecule has 2 saturated heterocycles. The number of carbonyl (C=O) groups excluding carboxylic acids is 3. The van der Waals surface area contributed by atoms with Crippen LogP contribution in [0.25, 0.3) is 16.7 Å². The predicted octanol–water partition coefficient (Wildman–Crippen LogP) is 4.71. The second kappa shape index (κ2) is 13.5. The van der Waals surface area contributed by atoms with Gasteiger partial charge in [-0.05, 0) is 69.3 Å². The Hall–Kier alpha value is -4.96. The molecule has 1 atom stereocenters. The van der Waals surface area contributed by atoms with Crippen LogP contribution in [0.2, 0.25) is 0 Å². The first-order chi connectivity index (χ1) is 25.1. The molecule has 2 N–H and O–H groups in total. The number of aryl methyl sites for hydroxylation is 1. The number of nitrogens with zero attached hydrogens (tertiary/aromatic N) is 7. The summed E-state index contributed by atoms with van der Waals surface area (Å²) < 4.78 is 32.8. The van der Waals surface area contributed by atoms with Gasteiger partial charge in [-0.3, -0.25) is 28.8 Å². The van der Waals surface area contributed by atoms with Crippen molar-refractivity contribution in [1.82, 2.24) is 33.7 Å². The van der Waals surface area contributed by atoms with E-state index in [2.05, 4.69) is 37.4 Å². The van der Waals surface area contributed by atoms with Gasteiger partial charge in [0.2, 0.25) is 11.8 Å². The average molecular weight is 732 g/mol. The maximum Gasteiger partial charge on any atom is 0.329 e. The van der Waals surface area contributed by atoms with Crippen LogP contribution in [0, 0.1) is 5.92 Å². The molecule has 5 aromatic rings. The Balaban J connectivity index is 0.878. The van der Waals surface area contributed by atoms with E-state index in [1.165, 1.54) is 4.57 Å². The molecular weight excluding hydrogens is 693 g/mol. The van der Waals surface area contributed by atoms with E-state index in [4.69, 9.17) is 0 Å². The van der Waals surface area contributed by atoms with Crippen LogP contribution in [-0.2, 0) is 16.6 Å². The van der Waals surface area contributed by atoms with E-state index in [0.717, 1.165) is 67.9 Å². The zero-order valence-electron chi connectivity index (χ0n) is 28.8. The molecule has 1 aliphatic carbocycles. The first kappa shape index (κ1) is 34.1. The van der Waals surface area contributed by atoms with Crippen LogP contribution in [0.3, 0.4) is 0 Å². The van der Waals surface area contributed by atoms with E-state index in [9.17, 15) is 28.0 Å². The molecule has 3 aliphatic rings. The number of halogens is 2. The Morgan fingerprint density at radius 1 is 1.10 bits per heavy atom. The first-order valence-corrected chi connectivity index (χ1v) is 18.4. The molecule has 0 radical (unpaired) electrons. The molecule has 0 spiro atoms. The van der Waals surface area contributed by atoms with E-state index < -0.39 is 24.3 Å². The fourth-order valence-corrected chi connectivity index (χ4v) is 9.24. The highest BCUT2D eigenvalue weighted by atomic mass is 32.1. The monoisotopic (exact) mass is 731 g/mol. The third-order valence-electron chi connectivity index (χ3n) is 10.9. The number of para-hydroxylation sites is 1. The van der Waals surface area contributed by atoms with Crippen molar-refractivity contribution in [3.05, 3.63) is 75.7 Å². The SMILES string of the molecule is CN(CC1CC(c2nc(C(F)F)c(NC(=O)c3ccn4cccnc34)s2)C1)C1CCN(c2cccc3c2n(C)c(=O)n3C2CCC(=O)NC2=O)CC1. The molecule has 3 amide bonds. The lowest BCUT2D eigenvalue weighted by atomic mass is 9.75. The quantitative estimate of drug-likeness (QED) is 0.208. The average Bonchev–Trinajstić information content (AvgIpc) is 3.81. The number of imide groups is 1. The van der Waals surface area contributed by atoms with Gasteiger partial charge in [0.25, 0.3) is 12.3 Å². The zero-order chi connectivity index (χ0) is 36.3. The molecule has 0 bridgehead atoms. The number of nitrogens with one attached hydrogen (secondary N) is 2. The van der Waals surface area contributed by atoms with Crippen LogP contribution in [-0.4, -0.2) is 78.8 Å². The van der Waals surface area contributed by atoms with Crippen molar-refractivity contribution in [1.29, 1.82) is 0 Å². The van der Waals surface area contributed by atoms with Crippen LogP contribution in [0.5, 0.6) is 0 Å². The van der Waals surface area contributed by atoms with E-state index in [1.54, 1.807) is 46.7 Å². The Bertz CT molecular complexity index is 2250. The largest absolute Gasteiger partial charge is 0.370 e. The summed E-state index contributed by atoms with van der Waals surface area (Å²) in [7, 11) is 3.87. The minimum Gasteiger partial charge on any atom is -0.370 e. The van der Waals surface area contributed by atoms with Crippen molar-refractivity contribution in [3.8, 4) is 0 Å². The normalized spacial score (nSPS) is 21.3. The Morgan fingerprint density at radius 3 is 2.63 bits per heavy atom. The number of amides is 3. The summed E-state index contributed by atoms with van der Waals surface area (Å²) in [6.45, 7) is 2.50. The summed E-state index contributed by atoms with van der Waals surface area (Å²) >= 11 is 1.14. The van der Waals surface area contributed by atoms with Crippen LogP contribution >= 0.6 is 11.3 Å². The molecule has 1 unspecified atom stereocenters. The molecule has 4 aromatic heterocycles. The summed E-state index contributed by atoms with van der Waals surface area (Å²) in [6.07, 6.45) is 6.29. The van der Waals surface area contributed by atoms with Crippen molar-refractivity contribution < 1.29 is 23.2 Å². The number of benzene rings is 1. The summed E-state index contributed by atoms with van der Waals surface area (Å²) in [5.74, 6) is -0.773. The van der Waals surface area contributed by atoms with Gasteiger partial charge < -0.3 is 19.5 Å². The van der Waals surface area contributed by atoms with Crippen molar-refractivity contribution in [2.75, 3.05) is 36.9 Å². The number of fused-ring (bicyclic) bond motifs is 2. The van der Waals surface area contributed by atoms with Gasteiger partial charge in [0.1, 0.15) is 22.4 Å². The second-order valence-corrected chi connectivity index (χ2v) is 15.1. The van der Waals surface area contributed by atoms with Crippen molar-refractivity contribution >= 4 is 56.4 Å². The molecule has 6 heterocycles. The summed E-state index contributed by atoms with van der Waals surface area (Å²) in [5, 5.41) is 5.76. The van der Waals surface area contributed by atoms with E-state index in [-0.39, 0.29) is 41.1 Å². The Kier molecular flexibility index (Phi) is 8.89. The fraction of sp³-hybridized carbons (Fsp3) is 0.444. The van der Waals surface area contributed by atoms with E-state index in [1.807, 2.05) is 18.2 Å². The number of carbonyl (C=O) groups is 3. The molecule has 16 heteroatoms. The molecule has 1 saturated carbocycles. The van der Waals surface area contributed by atoms with Gasteiger partial charge in [-0.15, -0.1) is 11.3 Å². The summed E-state index contributed by atoms with van der Waals surface area (Å²) in [6, 6.07) is 8.79. The molecule has 3 fully saturated rings. The predicted molar refractivity (Wildman–Crippen MR) is 192 cm³/mol. The minimum atomic E-state index is -2.81. The van der Waals surface area contributed by atoms with Crippen LogP contribution in [0.15, 0.2) is 53.7 Å². The summed E-state index contributed by atoms with van der Waals surface area (Å²) in [5.41, 5.74) is 2.50. The van der Waals surface area contributed by atoms with Gasteiger partial charge in [0.15, 0.2) is 0 Å². The third kappa shape index (κ3) is 6.06. The van der Waals surface area contributed by atoms with E-state index in [0.29, 0.717) is 33.7 Å². The fourth-order valence-electron chi connectivity index (χ4n) is 8.14. The Morgan fingerprint density at radius 2 is 1.88 bits per heavy atom. The lowest BCUT2D eigenvalue weighted by Gasteiger charge is -2.42. The van der Waals surface area contributed by atoms with Gasteiger partial charge in [-0.1, -0.05) is 6.07 Å². The topological polar surface area (TPSA) is 139 Å². The number of hydrogen-bond acceptors (Lipinski definition) is 9. The number of rotatable bonds is 9. The van der Waals surface area contributed by atoms with Crippen LogP contribution < -0.4 is 21.2 Å². The second-order valence-electron chi connectivity index (χ2n) is 14.1. The van der Waals surface area contributed by atoms with Crippen LogP contribution in [0.4, 0.5) is 19.5 Å². The highest BCUT2D eigenvalue weighted by Gasteiger charge is 2.37. The minimum absolute atomic E-state index is 0.0741. The molecular formula is C36H39F2N9O4S. The number of alkyl halides is 2. The highest BCUT2D eigenvalue weighted by molar-refractivity contribution is 7.16. The number of aromatic nitrogens is 5. The standard InChI is InChI=1S/C36H39F2N9O4S/c1-43(19-20-17-21(18-20)34-41-28(30(37)38)35(52-34)42-32(49)23-11-16-46-13-4-12-39-31(23)46)22-9-14-45(15-10-22)24-5-3-6-25-29(24)44(2)36(51)47(25)26-7-8-27(48)40-33(26)50/h3-6,11-13,16,20-22,26,30H,7-10,14-15,17-19H2,1-2H3,(H,42,49)(H,40,48,50). The van der Waals surface area contributed by atoms with Gasteiger partial charge in [-0.2, -0.15) is 0 Å². The number of anilines is 2. The maximum absolute atomic E-state index is 14.0. The van der Waals surface area contributed by atoms with Crippen molar-refractivity contribution in [3.63, 3.8) is 0 Å². The number of thiazole rings is 1. The number of imidazole rings is 1. The lowest BCUT2D eigenvalue weighted by molar-refractivity contribution is -0.135. The van der Waals surface area contributed by atoms with Gasteiger partial charge in [-0.25, -0.2) is 23.5 Å². The Labute approximate surface area is 301 Å². The third-order valence-corrected chi connectivity index (χ3v) is 12.1. The van der Waals surface area contributed by atoms with Gasteiger partial charge >= 0.3 is 5.69 Å². The smallest absolute Gasteiger partial charge is 0.329 e. The first-order valence-electron chi connectivity index (χ1n) is 17.6.